The highest BCUT2D eigenvalue weighted by molar-refractivity contribution is 6.33. The summed E-state index contributed by atoms with van der Waals surface area (Å²) >= 11 is 5.94. The molecule has 0 aliphatic carbocycles. The van der Waals surface area contributed by atoms with Crippen molar-refractivity contribution in [1.82, 2.24) is 10.2 Å². The van der Waals surface area contributed by atoms with Crippen molar-refractivity contribution in [2.75, 3.05) is 19.7 Å². The van der Waals surface area contributed by atoms with Crippen LogP contribution in [0.2, 0.25) is 5.02 Å². The highest BCUT2D eigenvalue weighted by Gasteiger charge is 2.43. The number of nitrogens with zero attached hydrogens (tertiary/aromatic N) is 1. The summed E-state index contributed by atoms with van der Waals surface area (Å²) in [6.07, 6.45) is -1.17. The zero-order chi connectivity index (χ0) is 25.3. The molecule has 182 valence electrons. The average molecular weight is 493 g/mol. The number of halogens is 1. The Bertz CT molecular complexity index is 1020. The number of carbonyl (C=O) groups is 4. The first-order valence-corrected chi connectivity index (χ1v) is 10.7. The highest BCUT2D eigenvalue weighted by atomic mass is 35.5. The number of amides is 1. The van der Waals surface area contributed by atoms with Crippen LogP contribution >= 0.6 is 11.6 Å². The van der Waals surface area contributed by atoms with Gasteiger partial charge in [0.15, 0.2) is 12.1 Å². The molecule has 34 heavy (non-hydrogen) atoms. The molecule has 0 radical (unpaired) electrons. The van der Waals surface area contributed by atoms with E-state index in [4.69, 9.17) is 16.7 Å². The molecule has 0 aromatic heterocycles. The molecule has 0 saturated carbocycles. The maximum absolute atomic E-state index is 12.5. The summed E-state index contributed by atoms with van der Waals surface area (Å²) in [5.41, 5.74) is 0.706. The van der Waals surface area contributed by atoms with Crippen molar-refractivity contribution in [2.24, 2.45) is 0 Å². The van der Waals surface area contributed by atoms with Gasteiger partial charge in [0.05, 0.1) is 17.2 Å². The van der Waals surface area contributed by atoms with Crippen LogP contribution in [0.4, 0.5) is 0 Å². The fourth-order valence-corrected chi connectivity index (χ4v) is 3.50. The number of esters is 1. The summed E-state index contributed by atoms with van der Waals surface area (Å²) in [4.78, 5) is 47.1. The van der Waals surface area contributed by atoms with Crippen LogP contribution in [0.5, 0.6) is 0 Å². The number of aliphatic hydroxyl groups excluding tert-OH is 1. The van der Waals surface area contributed by atoms with Crippen molar-refractivity contribution >= 4 is 35.4 Å². The van der Waals surface area contributed by atoms with Gasteiger partial charge in [0.1, 0.15) is 6.04 Å². The number of aliphatic carboxylic acids is 2. The minimum Gasteiger partial charge on any atom is -0.480 e. The molecule has 3 atom stereocenters. The van der Waals surface area contributed by atoms with Crippen LogP contribution in [0, 0.1) is 0 Å². The Morgan fingerprint density at radius 2 is 1.68 bits per heavy atom. The first kappa shape index (κ1) is 26.8. The Labute approximate surface area is 200 Å². The molecule has 4 N–H and O–H groups in total. The molecule has 1 amide bonds. The number of hydrogen-bond acceptors (Lipinski definition) is 7. The van der Waals surface area contributed by atoms with E-state index in [2.05, 4.69) is 10.1 Å². The highest BCUT2D eigenvalue weighted by Crippen LogP contribution is 2.21. The van der Waals surface area contributed by atoms with Crippen LogP contribution in [0.15, 0.2) is 54.6 Å². The predicted molar refractivity (Wildman–Crippen MR) is 121 cm³/mol. The van der Waals surface area contributed by atoms with Crippen LogP contribution in [-0.4, -0.2) is 75.8 Å². The number of benzene rings is 2. The third-order valence-electron chi connectivity index (χ3n) is 4.88. The number of carboxylic acids is 2. The molecule has 3 rings (SSSR count). The summed E-state index contributed by atoms with van der Waals surface area (Å²) in [6.45, 7) is 2.26. The second-order valence-corrected chi connectivity index (χ2v) is 7.50. The standard InChI is InChI=1S/C13H13ClN2O5.C10H12O3/c14-8-4-2-1-3-7(8)11(17)16-6-5-15-9(12(18)19)10(16)13(20)21;1-2-13-10(12)9(11)8-6-4-3-5-7-8/h1-4,9-10,15H,5-6H2,(H,18,19)(H,20,21);3-7,9,11H,2H2,1H3. The minimum atomic E-state index is -1.49. The summed E-state index contributed by atoms with van der Waals surface area (Å²) in [5.74, 6) is -3.90. The van der Waals surface area contributed by atoms with Gasteiger partial charge in [-0.1, -0.05) is 54.1 Å². The van der Waals surface area contributed by atoms with Gasteiger partial charge in [0.2, 0.25) is 0 Å². The van der Waals surface area contributed by atoms with E-state index >= 15 is 0 Å². The van der Waals surface area contributed by atoms with Gasteiger partial charge in [-0.15, -0.1) is 0 Å². The predicted octanol–water partition coefficient (Wildman–Crippen LogP) is 1.57. The normalized spacial score (nSPS) is 18.1. The summed E-state index contributed by atoms with van der Waals surface area (Å²) < 4.78 is 4.67. The van der Waals surface area contributed by atoms with Gasteiger partial charge < -0.3 is 30.3 Å². The van der Waals surface area contributed by atoms with E-state index in [-0.39, 0.29) is 30.3 Å². The zero-order valence-corrected chi connectivity index (χ0v) is 19.0. The zero-order valence-electron chi connectivity index (χ0n) is 18.3. The van der Waals surface area contributed by atoms with Gasteiger partial charge in [0.25, 0.3) is 5.91 Å². The lowest BCUT2D eigenvalue weighted by molar-refractivity contribution is -0.153. The van der Waals surface area contributed by atoms with Gasteiger partial charge in [-0.05, 0) is 24.6 Å². The number of hydrogen-bond donors (Lipinski definition) is 4. The molecule has 1 fully saturated rings. The molecule has 10 nitrogen and oxygen atoms in total. The molecule has 0 bridgehead atoms. The molecule has 1 aliphatic heterocycles. The van der Waals surface area contributed by atoms with Crippen LogP contribution in [0.3, 0.4) is 0 Å². The van der Waals surface area contributed by atoms with Crippen LogP contribution in [-0.2, 0) is 19.1 Å². The van der Waals surface area contributed by atoms with E-state index in [1.54, 1.807) is 43.3 Å². The number of nitrogens with one attached hydrogen (secondary N) is 1. The number of carbonyl (C=O) groups excluding carboxylic acids is 2. The quantitative estimate of drug-likeness (QED) is 0.440. The lowest BCUT2D eigenvalue weighted by atomic mass is 10.0. The Balaban J connectivity index is 0.000000270. The molecule has 3 unspecified atom stereocenters. The molecule has 2 aromatic rings. The molecular weight excluding hydrogens is 468 g/mol. The van der Waals surface area contributed by atoms with Crippen LogP contribution in [0.25, 0.3) is 0 Å². The molecule has 11 heteroatoms. The van der Waals surface area contributed by atoms with Crippen molar-refractivity contribution in [3.05, 3.63) is 70.7 Å². The topological polar surface area (TPSA) is 153 Å². The largest absolute Gasteiger partial charge is 0.480 e. The first-order chi connectivity index (χ1) is 16.2. The maximum atomic E-state index is 12.5. The fourth-order valence-electron chi connectivity index (χ4n) is 3.28. The van der Waals surface area contributed by atoms with Gasteiger partial charge in [-0.25, -0.2) is 9.59 Å². The molecule has 0 spiro atoms. The number of rotatable bonds is 6. The lowest BCUT2D eigenvalue weighted by Gasteiger charge is -2.37. The minimum absolute atomic E-state index is 0.0881. The van der Waals surface area contributed by atoms with Crippen molar-refractivity contribution in [3.8, 4) is 0 Å². The van der Waals surface area contributed by atoms with Crippen molar-refractivity contribution in [1.29, 1.82) is 0 Å². The van der Waals surface area contributed by atoms with Crippen LogP contribution in [0.1, 0.15) is 28.9 Å². The van der Waals surface area contributed by atoms with Crippen molar-refractivity contribution in [2.45, 2.75) is 25.1 Å². The Morgan fingerprint density at radius 1 is 1.06 bits per heavy atom. The molecule has 1 saturated heterocycles. The van der Waals surface area contributed by atoms with E-state index < -0.39 is 42.0 Å². The van der Waals surface area contributed by atoms with Gasteiger partial charge >= 0.3 is 17.9 Å². The summed E-state index contributed by atoms with van der Waals surface area (Å²) in [5, 5.41) is 30.6. The number of ether oxygens (including phenoxy) is 1. The van der Waals surface area contributed by atoms with Gasteiger partial charge in [-0.2, -0.15) is 0 Å². The molecule has 1 heterocycles. The van der Waals surface area contributed by atoms with Crippen molar-refractivity contribution < 1.29 is 39.2 Å². The summed E-state index contributed by atoms with van der Waals surface area (Å²) in [6, 6.07) is 12.1. The molecule has 1 aliphatic rings. The van der Waals surface area contributed by atoms with Gasteiger partial charge in [-0.3, -0.25) is 9.59 Å². The number of piperazine rings is 1. The van der Waals surface area contributed by atoms with E-state index in [1.165, 1.54) is 12.1 Å². The second kappa shape index (κ2) is 12.7. The van der Waals surface area contributed by atoms with E-state index in [0.29, 0.717) is 5.56 Å². The summed E-state index contributed by atoms with van der Waals surface area (Å²) in [7, 11) is 0. The maximum Gasteiger partial charge on any atom is 0.339 e. The third kappa shape index (κ3) is 6.77. The first-order valence-electron chi connectivity index (χ1n) is 10.3. The van der Waals surface area contributed by atoms with Crippen molar-refractivity contribution in [3.63, 3.8) is 0 Å². The van der Waals surface area contributed by atoms with Gasteiger partial charge in [0, 0.05) is 13.1 Å². The molecule has 2 aromatic carbocycles. The fraction of sp³-hybridized carbons (Fsp3) is 0.304. The number of aliphatic hydroxyl groups is 1. The van der Waals surface area contributed by atoms with E-state index in [1.807, 2.05) is 6.07 Å². The second-order valence-electron chi connectivity index (χ2n) is 7.10. The third-order valence-corrected chi connectivity index (χ3v) is 5.21. The molecular formula is C23H25ClN2O8. The lowest BCUT2D eigenvalue weighted by Crippen LogP contribution is -2.65. The Hall–Kier alpha value is -3.47. The van der Waals surface area contributed by atoms with E-state index in [0.717, 1.165) is 4.90 Å². The van der Waals surface area contributed by atoms with Crippen LogP contribution < -0.4 is 5.32 Å². The monoisotopic (exact) mass is 492 g/mol. The average Bonchev–Trinajstić information content (AvgIpc) is 2.84. The SMILES string of the molecule is CCOC(=O)C(O)c1ccccc1.O=C(O)C1NCCN(C(=O)c2ccccc2Cl)C1C(=O)O. The van der Waals surface area contributed by atoms with E-state index in [9.17, 15) is 29.4 Å². The Kier molecular flexibility index (Phi) is 9.99. The number of carboxylic acid groups (broad SMARTS) is 2. The smallest absolute Gasteiger partial charge is 0.339 e. The Morgan fingerprint density at radius 3 is 2.24 bits per heavy atom.